The zero-order valence-electron chi connectivity index (χ0n) is 19.3. The van der Waals surface area contributed by atoms with Gasteiger partial charge in [-0.3, -0.25) is 9.79 Å². The minimum Gasteiger partial charge on any atom is -0.501 e. The summed E-state index contributed by atoms with van der Waals surface area (Å²) in [4.78, 5) is 25.3. The summed E-state index contributed by atoms with van der Waals surface area (Å²) in [5.74, 6) is 0.645. The molecule has 0 aliphatic rings. The Morgan fingerprint density at radius 1 is 1.28 bits per heavy atom. The Hall–Kier alpha value is -3.75. The van der Waals surface area contributed by atoms with Gasteiger partial charge in [0.15, 0.2) is 5.65 Å². The lowest BCUT2D eigenvalue weighted by molar-refractivity contribution is -0.115. The normalized spacial score (nSPS) is 12.8. The van der Waals surface area contributed by atoms with Crippen LogP contribution >= 0.6 is 0 Å². The van der Waals surface area contributed by atoms with Crippen LogP contribution < -0.4 is 11.1 Å². The fraction of sp³-hybridized carbons (Fsp3) is 0.348. The zero-order chi connectivity index (χ0) is 23.5. The average molecular weight is 436 g/mol. The van der Waals surface area contributed by atoms with E-state index < -0.39 is 5.54 Å². The van der Waals surface area contributed by atoms with Crippen LogP contribution in [0.5, 0.6) is 0 Å². The molecule has 1 amide bonds. The first-order valence-electron chi connectivity index (χ1n) is 10.2. The molecule has 1 aromatic carbocycles. The number of hydrogen-bond donors (Lipinski definition) is 2. The molecule has 0 aliphatic carbocycles. The fourth-order valence-electron chi connectivity index (χ4n) is 3.26. The standard InChI is InChI=1S/C23H29N7O2/c1-14-7-9-16(10-8-14)19-18-20(24)27-13-28-21(18)30(29-19)23(3,4)12-26-22(31)17(25-5)11-15(2)32-6/h7-11,13H,12H2,1-6H3,(H,26,31)(H2,24,27,28)/b15-11+,25-17?. The van der Waals surface area contributed by atoms with E-state index >= 15 is 0 Å². The van der Waals surface area contributed by atoms with Gasteiger partial charge in [-0.05, 0) is 27.7 Å². The lowest BCUT2D eigenvalue weighted by Gasteiger charge is -2.26. The van der Waals surface area contributed by atoms with Crippen LogP contribution in [0.2, 0.25) is 0 Å². The minimum atomic E-state index is -0.615. The number of allylic oxidation sites excluding steroid dienone is 1. The minimum absolute atomic E-state index is 0.275. The molecule has 2 aromatic heterocycles. The molecule has 0 unspecified atom stereocenters. The predicted molar refractivity (Wildman–Crippen MR) is 126 cm³/mol. The molecule has 9 heteroatoms. The quantitative estimate of drug-likeness (QED) is 0.435. The number of carbonyl (C=O) groups is 1. The van der Waals surface area contributed by atoms with Crippen molar-refractivity contribution in [3.8, 4) is 11.3 Å². The number of nitrogens with two attached hydrogens (primary N) is 1. The molecule has 0 aliphatic heterocycles. The number of methoxy groups -OCH3 is 1. The molecule has 0 saturated carbocycles. The molecule has 168 valence electrons. The van der Waals surface area contributed by atoms with Gasteiger partial charge in [0.25, 0.3) is 5.91 Å². The van der Waals surface area contributed by atoms with Crippen molar-refractivity contribution in [1.29, 1.82) is 0 Å². The van der Waals surface area contributed by atoms with Crippen molar-refractivity contribution >= 4 is 28.5 Å². The van der Waals surface area contributed by atoms with Gasteiger partial charge in [-0.25, -0.2) is 14.6 Å². The van der Waals surface area contributed by atoms with Crippen molar-refractivity contribution < 1.29 is 9.53 Å². The number of rotatable bonds is 7. The third kappa shape index (κ3) is 4.61. The highest BCUT2D eigenvalue weighted by atomic mass is 16.5. The average Bonchev–Trinajstić information content (AvgIpc) is 3.18. The van der Waals surface area contributed by atoms with Crippen molar-refractivity contribution in [2.45, 2.75) is 33.2 Å². The molecule has 3 aromatic rings. The Labute approximate surface area is 187 Å². The summed E-state index contributed by atoms with van der Waals surface area (Å²) in [5, 5.41) is 8.46. The second-order valence-electron chi connectivity index (χ2n) is 8.15. The molecule has 3 N–H and O–H groups in total. The third-order valence-corrected chi connectivity index (χ3v) is 5.21. The van der Waals surface area contributed by atoms with Gasteiger partial charge in [0.1, 0.15) is 23.6 Å². The zero-order valence-corrected chi connectivity index (χ0v) is 19.3. The Morgan fingerprint density at radius 2 is 1.97 bits per heavy atom. The number of amides is 1. The topological polar surface area (TPSA) is 120 Å². The molecule has 3 rings (SSSR count). The van der Waals surface area contributed by atoms with Gasteiger partial charge >= 0.3 is 0 Å². The van der Waals surface area contributed by atoms with E-state index in [1.165, 1.54) is 6.33 Å². The van der Waals surface area contributed by atoms with Crippen LogP contribution in [0.25, 0.3) is 22.3 Å². The summed E-state index contributed by atoms with van der Waals surface area (Å²) in [5.41, 5.74) is 9.24. The van der Waals surface area contributed by atoms with E-state index in [1.54, 1.807) is 31.8 Å². The number of anilines is 1. The Bertz CT molecular complexity index is 1190. The highest BCUT2D eigenvalue weighted by Crippen LogP contribution is 2.32. The number of aliphatic imine (C=N–C) groups is 1. The summed E-state index contributed by atoms with van der Waals surface area (Å²) < 4.78 is 6.91. The summed E-state index contributed by atoms with van der Waals surface area (Å²) in [6, 6.07) is 8.04. The first-order chi connectivity index (χ1) is 15.2. The molecular formula is C23H29N7O2. The lowest BCUT2D eigenvalue weighted by Crippen LogP contribution is -2.43. The van der Waals surface area contributed by atoms with Gasteiger partial charge in [-0.15, -0.1) is 0 Å². The Kier molecular flexibility index (Phi) is 6.57. The number of hydrogen-bond acceptors (Lipinski definition) is 7. The van der Waals surface area contributed by atoms with Crippen LogP contribution in [-0.2, 0) is 15.1 Å². The van der Waals surface area contributed by atoms with Crippen molar-refractivity contribution in [3.63, 3.8) is 0 Å². The van der Waals surface area contributed by atoms with Gasteiger partial charge in [-0.1, -0.05) is 29.8 Å². The highest BCUT2D eigenvalue weighted by molar-refractivity contribution is 6.43. The number of aromatic nitrogens is 4. The molecular weight excluding hydrogens is 406 g/mol. The van der Waals surface area contributed by atoms with E-state index in [0.29, 0.717) is 34.8 Å². The van der Waals surface area contributed by atoms with Crippen LogP contribution in [0, 0.1) is 6.92 Å². The van der Waals surface area contributed by atoms with Crippen molar-refractivity contribution in [1.82, 2.24) is 25.1 Å². The Balaban J connectivity index is 1.97. The maximum Gasteiger partial charge on any atom is 0.269 e. The molecule has 32 heavy (non-hydrogen) atoms. The number of nitrogen functional groups attached to an aromatic ring is 1. The molecule has 0 bridgehead atoms. The maximum atomic E-state index is 12.7. The summed E-state index contributed by atoms with van der Waals surface area (Å²) in [6.07, 6.45) is 3.01. The number of ether oxygens (including phenoxy) is 1. The molecule has 0 spiro atoms. The van der Waals surface area contributed by atoms with E-state index in [2.05, 4.69) is 20.3 Å². The van der Waals surface area contributed by atoms with E-state index in [-0.39, 0.29) is 11.6 Å². The lowest BCUT2D eigenvalue weighted by atomic mass is 10.1. The SMILES string of the molecule is CN=C(/C=C(\C)OC)C(=O)NCC(C)(C)n1nc(-c2ccc(C)cc2)c2c(N)ncnc21. The number of fused-ring (bicyclic) bond motifs is 1. The van der Waals surface area contributed by atoms with Gasteiger partial charge in [0, 0.05) is 25.2 Å². The molecule has 0 fully saturated rings. The predicted octanol–water partition coefficient (Wildman–Crippen LogP) is 2.86. The summed E-state index contributed by atoms with van der Waals surface area (Å²) in [6.45, 7) is 8.01. The highest BCUT2D eigenvalue weighted by Gasteiger charge is 2.28. The summed E-state index contributed by atoms with van der Waals surface area (Å²) in [7, 11) is 3.11. The molecule has 0 atom stereocenters. The van der Waals surface area contributed by atoms with Gasteiger partial charge in [0.2, 0.25) is 0 Å². The van der Waals surface area contributed by atoms with Crippen LogP contribution in [-0.4, -0.2) is 52.1 Å². The number of nitrogens with zero attached hydrogens (tertiary/aromatic N) is 5. The van der Waals surface area contributed by atoms with Crippen LogP contribution in [0.3, 0.4) is 0 Å². The monoisotopic (exact) mass is 435 g/mol. The van der Waals surface area contributed by atoms with Crippen molar-refractivity contribution in [2.75, 3.05) is 26.4 Å². The molecule has 2 heterocycles. The molecule has 9 nitrogen and oxygen atoms in total. The van der Waals surface area contributed by atoms with E-state index in [0.717, 1.165) is 11.1 Å². The smallest absolute Gasteiger partial charge is 0.269 e. The van der Waals surface area contributed by atoms with Crippen LogP contribution in [0.1, 0.15) is 26.3 Å². The van der Waals surface area contributed by atoms with Crippen molar-refractivity contribution in [3.05, 3.63) is 48.0 Å². The number of aryl methyl sites for hydroxylation is 1. The number of nitrogens with one attached hydrogen (secondary N) is 1. The number of carbonyl (C=O) groups excluding carboxylic acids is 1. The first kappa shape index (κ1) is 22.9. The van der Waals surface area contributed by atoms with Gasteiger partial charge in [-0.2, -0.15) is 5.10 Å². The van der Waals surface area contributed by atoms with Crippen LogP contribution in [0.4, 0.5) is 5.82 Å². The first-order valence-corrected chi connectivity index (χ1v) is 10.2. The van der Waals surface area contributed by atoms with Crippen LogP contribution in [0.15, 0.2) is 47.4 Å². The molecule has 0 saturated heterocycles. The summed E-state index contributed by atoms with van der Waals surface area (Å²) >= 11 is 0. The van der Waals surface area contributed by atoms with E-state index in [1.807, 2.05) is 45.0 Å². The van der Waals surface area contributed by atoms with Crippen molar-refractivity contribution in [2.24, 2.45) is 4.99 Å². The number of benzene rings is 1. The second kappa shape index (κ2) is 9.17. The fourth-order valence-corrected chi connectivity index (χ4v) is 3.26. The van der Waals surface area contributed by atoms with E-state index in [4.69, 9.17) is 15.6 Å². The Morgan fingerprint density at radius 3 is 2.59 bits per heavy atom. The maximum absolute atomic E-state index is 12.7. The molecule has 0 radical (unpaired) electrons. The van der Waals surface area contributed by atoms with Gasteiger partial charge in [0.05, 0.1) is 23.8 Å². The van der Waals surface area contributed by atoms with E-state index in [9.17, 15) is 4.79 Å². The third-order valence-electron chi connectivity index (χ3n) is 5.21. The van der Waals surface area contributed by atoms with Gasteiger partial charge < -0.3 is 15.8 Å². The largest absolute Gasteiger partial charge is 0.501 e. The second-order valence-corrected chi connectivity index (χ2v) is 8.15.